The van der Waals surface area contributed by atoms with Crippen LogP contribution < -0.4 is 14.4 Å². The standard InChI is InChI=1S/C39H55Cl2N3O5S/c1-5-7-25(3)26(4)50(46)42-39(45)29-11-14-37-36(16-29)44(19-31(22-47-37)35-13-12-32(40)15-28(35)8-6-2)18-30-10-9-27(30)17-38-48-23-34(24-49-38)43-20-33(41)21-43/h11-16,25-27,30-31,33-34,38H,5-10,17-24H2,1-4H3,(H,42,45). The van der Waals surface area contributed by atoms with Crippen LogP contribution in [0.25, 0.3) is 0 Å². The fourth-order valence-corrected chi connectivity index (χ4v) is 9.55. The Bertz CT molecular complexity index is 1480. The Morgan fingerprint density at radius 3 is 2.44 bits per heavy atom. The number of ether oxygens (including phenoxy) is 3. The molecular weight excluding hydrogens is 693 g/mol. The van der Waals surface area contributed by atoms with Gasteiger partial charge in [0.1, 0.15) is 16.7 Å². The van der Waals surface area contributed by atoms with E-state index in [1.54, 1.807) is 6.07 Å². The molecule has 276 valence electrons. The summed E-state index contributed by atoms with van der Waals surface area (Å²) in [6, 6.07) is 12.2. The summed E-state index contributed by atoms with van der Waals surface area (Å²) < 4.78 is 34.9. The van der Waals surface area contributed by atoms with Crippen molar-refractivity contribution in [2.24, 2.45) is 17.8 Å². The highest BCUT2D eigenvalue weighted by molar-refractivity contribution is 7.84. The predicted octanol–water partition coefficient (Wildman–Crippen LogP) is 7.57. The van der Waals surface area contributed by atoms with E-state index in [4.69, 9.17) is 37.4 Å². The van der Waals surface area contributed by atoms with Gasteiger partial charge >= 0.3 is 0 Å². The van der Waals surface area contributed by atoms with E-state index in [0.29, 0.717) is 43.3 Å². The Balaban J connectivity index is 1.19. The molecule has 3 aliphatic heterocycles. The zero-order valence-corrected chi connectivity index (χ0v) is 32.4. The second-order valence-electron chi connectivity index (χ2n) is 15.0. The highest BCUT2D eigenvalue weighted by atomic mass is 35.5. The maximum Gasteiger partial charge on any atom is 0.263 e. The Kier molecular flexibility index (Phi) is 13.1. The third-order valence-electron chi connectivity index (χ3n) is 11.4. The summed E-state index contributed by atoms with van der Waals surface area (Å²) in [5, 5.41) is 0.861. The number of rotatable bonds is 14. The number of likely N-dealkylation sites (tertiary alicyclic amines) is 1. The van der Waals surface area contributed by atoms with Crippen molar-refractivity contribution < 1.29 is 23.2 Å². The van der Waals surface area contributed by atoms with Gasteiger partial charge in [0.05, 0.1) is 42.2 Å². The number of alkyl halides is 1. The summed E-state index contributed by atoms with van der Waals surface area (Å²) in [5.41, 5.74) is 3.93. The average molecular weight is 749 g/mol. The number of benzene rings is 2. The normalized spacial score (nSPS) is 27.6. The van der Waals surface area contributed by atoms with Crippen LogP contribution in [-0.4, -0.2) is 84.0 Å². The van der Waals surface area contributed by atoms with Crippen LogP contribution in [0.1, 0.15) is 93.6 Å². The van der Waals surface area contributed by atoms with Crippen LogP contribution in [0.3, 0.4) is 0 Å². The van der Waals surface area contributed by atoms with Gasteiger partial charge in [0, 0.05) is 49.1 Å². The number of hydrogen-bond donors (Lipinski definition) is 1. The van der Waals surface area contributed by atoms with E-state index in [2.05, 4.69) is 47.4 Å². The highest BCUT2D eigenvalue weighted by Gasteiger charge is 2.39. The van der Waals surface area contributed by atoms with Crippen molar-refractivity contribution in [1.29, 1.82) is 0 Å². The van der Waals surface area contributed by atoms with E-state index in [1.165, 1.54) is 11.1 Å². The predicted molar refractivity (Wildman–Crippen MR) is 203 cm³/mol. The molecule has 1 N–H and O–H groups in total. The molecule has 0 spiro atoms. The van der Waals surface area contributed by atoms with Crippen LogP contribution in [0, 0.1) is 17.8 Å². The van der Waals surface area contributed by atoms with Crippen molar-refractivity contribution in [1.82, 2.24) is 9.62 Å². The molecule has 2 aromatic rings. The second-order valence-corrected chi connectivity index (χ2v) is 17.6. The van der Waals surface area contributed by atoms with Gasteiger partial charge in [-0.1, -0.05) is 51.3 Å². The SMILES string of the molecule is CCCc1cc(Cl)ccc1C1COc2ccc(C(=O)NS(=O)C(C)C(C)CCC)cc2N(CC2CCC2CC2OCC(N3CC(Cl)C3)CO2)C1. The maximum atomic E-state index is 13.5. The summed E-state index contributed by atoms with van der Waals surface area (Å²) in [6.07, 6.45) is 6.97. The molecule has 0 radical (unpaired) electrons. The molecule has 2 saturated heterocycles. The number of carbonyl (C=O) groups is 1. The summed E-state index contributed by atoms with van der Waals surface area (Å²) in [6.45, 7) is 13.7. The van der Waals surface area contributed by atoms with Gasteiger partial charge in [-0.2, -0.15) is 0 Å². The fraction of sp³-hybridized carbons (Fsp3) is 0.667. The van der Waals surface area contributed by atoms with Crippen LogP contribution in [-0.2, 0) is 26.9 Å². The number of nitrogens with one attached hydrogen (secondary N) is 1. The molecule has 6 unspecified atom stereocenters. The molecule has 6 rings (SSSR count). The van der Waals surface area contributed by atoms with E-state index in [-0.39, 0.29) is 34.7 Å². The quantitative estimate of drug-likeness (QED) is 0.200. The maximum absolute atomic E-state index is 13.5. The van der Waals surface area contributed by atoms with Gasteiger partial charge in [0.15, 0.2) is 6.29 Å². The molecule has 3 heterocycles. The average Bonchev–Trinajstić information content (AvgIpc) is 3.27. The number of anilines is 1. The molecule has 8 nitrogen and oxygen atoms in total. The second kappa shape index (κ2) is 17.3. The third-order valence-corrected chi connectivity index (χ3v) is 13.5. The van der Waals surface area contributed by atoms with Crippen molar-refractivity contribution in [3.05, 3.63) is 58.1 Å². The monoisotopic (exact) mass is 747 g/mol. The van der Waals surface area contributed by atoms with Gasteiger partial charge in [0.25, 0.3) is 5.91 Å². The molecule has 50 heavy (non-hydrogen) atoms. The third kappa shape index (κ3) is 9.00. The van der Waals surface area contributed by atoms with Crippen molar-refractivity contribution in [2.75, 3.05) is 50.9 Å². The minimum Gasteiger partial charge on any atom is -0.491 e. The first kappa shape index (κ1) is 37.9. The van der Waals surface area contributed by atoms with Crippen LogP contribution in [0.5, 0.6) is 5.75 Å². The molecule has 1 saturated carbocycles. The topological polar surface area (TPSA) is 80.3 Å². The van der Waals surface area contributed by atoms with Gasteiger partial charge in [0.2, 0.25) is 0 Å². The lowest BCUT2D eigenvalue weighted by atomic mass is 9.71. The molecular formula is C39H55Cl2N3O5S. The van der Waals surface area contributed by atoms with Gasteiger partial charge in [-0.15, -0.1) is 11.6 Å². The molecule has 6 atom stereocenters. The zero-order valence-electron chi connectivity index (χ0n) is 30.1. The summed E-state index contributed by atoms with van der Waals surface area (Å²) in [5.74, 6) is 1.78. The highest BCUT2D eigenvalue weighted by Crippen LogP contribution is 2.43. The van der Waals surface area contributed by atoms with Crippen molar-refractivity contribution in [3.8, 4) is 5.75 Å². The summed E-state index contributed by atoms with van der Waals surface area (Å²) in [7, 11) is -1.48. The van der Waals surface area contributed by atoms with Gasteiger partial charge in [-0.05, 0) is 91.8 Å². The van der Waals surface area contributed by atoms with E-state index in [1.807, 2.05) is 25.1 Å². The molecule has 11 heteroatoms. The smallest absolute Gasteiger partial charge is 0.263 e. The first-order valence-corrected chi connectivity index (χ1v) is 20.8. The number of nitrogens with zero attached hydrogens (tertiary/aromatic N) is 2. The fourth-order valence-electron chi connectivity index (χ4n) is 7.95. The molecule has 4 aliphatic rings. The number of amides is 1. The van der Waals surface area contributed by atoms with Crippen LogP contribution in [0.15, 0.2) is 36.4 Å². The molecule has 1 amide bonds. The van der Waals surface area contributed by atoms with E-state index >= 15 is 0 Å². The van der Waals surface area contributed by atoms with Crippen LogP contribution in [0.4, 0.5) is 5.69 Å². The lowest BCUT2D eigenvalue weighted by Gasteiger charge is -2.46. The van der Waals surface area contributed by atoms with Crippen molar-refractivity contribution in [3.63, 3.8) is 0 Å². The molecule has 2 aromatic carbocycles. The van der Waals surface area contributed by atoms with E-state index in [0.717, 1.165) is 87.6 Å². The van der Waals surface area contributed by atoms with Gasteiger partial charge in [-0.25, -0.2) is 4.21 Å². The minimum absolute atomic E-state index is 0.126. The number of aryl methyl sites for hydroxylation is 1. The summed E-state index contributed by atoms with van der Waals surface area (Å²) >= 11 is 12.7. The number of halogens is 2. The Morgan fingerprint density at radius 1 is 1.00 bits per heavy atom. The number of fused-ring (bicyclic) bond motifs is 1. The summed E-state index contributed by atoms with van der Waals surface area (Å²) in [4.78, 5) is 18.3. The first-order chi connectivity index (χ1) is 24.1. The van der Waals surface area contributed by atoms with Gasteiger partial charge < -0.3 is 19.1 Å². The Morgan fingerprint density at radius 2 is 1.76 bits per heavy atom. The van der Waals surface area contributed by atoms with Crippen molar-refractivity contribution in [2.45, 2.75) is 102 Å². The minimum atomic E-state index is -1.48. The first-order valence-electron chi connectivity index (χ1n) is 18.8. The van der Waals surface area contributed by atoms with Gasteiger partial charge in [-0.3, -0.25) is 14.4 Å². The zero-order chi connectivity index (χ0) is 35.4. The number of hydrogen-bond acceptors (Lipinski definition) is 7. The number of carbonyl (C=O) groups excluding carboxylic acids is 1. The molecule has 3 fully saturated rings. The lowest BCUT2D eigenvalue weighted by molar-refractivity contribution is -0.220. The molecule has 1 aliphatic carbocycles. The molecule has 0 aromatic heterocycles. The Hall–Kier alpha value is -1.88. The lowest BCUT2D eigenvalue weighted by Crippen LogP contribution is -2.58. The van der Waals surface area contributed by atoms with E-state index in [9.17, 15) is 9.00 Å². The molecule has 0 bridgehead atoms. The largest absolute Gasteiger partial charge is 0.491 e. The van der Waals surface area contributed by atoms with Crippen LogP contribution >= 0.6 is 23.2 Å². The van der Waals surface area contributed by atoms with Crippen molar-refractivity contribution >= 4 is 45.8 Å². The Labute approximate surface area is 311 Å². The van der Waals surface area contributed by atoms with Crippen LogP contribution in [0.2, 0.25) is 5.02 Å². The van der Waals surface area contributed by atoms with E-state index < -0.39 is 11.0 Å².